The first kappa shape index (κ1) is 11.8. The number of alkyl halides is 1. The summed E-state index contributed by atoms with van der Waals surface area (Å²) in [5, 5.41) is 4.19. The molecule has 3 heteroatoms. The molecule has 1 heterocycles. The maximum atomic E-state index is 13.2. The lowest BCUT2D eigenvalue weighted by Gasteiger charge is -2.10. The van der Waals surface area contributed by atoms with Crippen molar-refractivity contribution in [1.82, 2.24) is 0 Å². The van der Waals surface area contributed by atoms with Crippen molar-refractivity contribution in [1.29, 1.82) is 0 Å². The molecular formula is C13H12BrFS. The topological polar surface area (TPSA) is 0 Å². The molecule has 1 unspecified atom stereocenters. The standard InChI is InChI=1S/C13H12BrFS/c1-9-4-11(7-12(15)5-9)13(14)6-10-2-3-16-8-10/h2-5,7-8,13H,6H2,1H3. The average Bonchev–Trinajstić information content (AvgIpc) is 2.68. The number of hydrogen-bond acceptors (Lipinski definition) is 1. The zero-order valence-corrected chi connectivity index (χ0v) is 11.3. The van der Waals surface area contributed by atoms with E-state index < -0.39 is 0 Å². The van der Waals surface area contributed by atoms with Crippen LogP contribution in [0.5, 0.6) is 0 Å². The van der Waals surface area contributed by atoms with Gasteiger partial charge in [-0.2, -0.15) is 11.3 Å². The Balaban J connectivity index is 2.17. The highest BCUT2D eigenvalue weighted by atomic mass is 79.9. The van der Waals surface area contributed by atoms with Crippen molar-refractivity contribution in [3.8, 4) is 0 Å². The van der Waals surface area contributed by atoms with E-state index in [9.17, 15) is 4.39 Å². The molecule has 0 aliphatic heterocycles. The molecule has 1 atom stereocenters. The van der Waals surface area contributed by atoms with E-state index in [2.05, 4.69) is 32.8 Å². The van der Waals surface area contributed by atoms with Gasteiger partial charge in [0.15, 0.2) is 0 Å². The summed E-state index contributed by atoms with van der Waals surface area (Å²) in [5.41, 5.74) is 3.25. The quantitative estimate of drug-likeness (QED) is 0.709. The minimum absolute atomic E-state index is 0.162. The van der Waals surface area contributed by atoms with Gasteiger partial charge in [0, 0.05) is 4.83 Å². The van der Waals surface area contributed by atoms with Crippen molar-refractivity contribution in [3.05, 3.63) is 57.5 Å². The maximum absolute atomic E-state index is 13.2. The van der Waals surface area contributed by atoms with Gasteiger partial charge in [0.2, 0.25) is 0 Å². The fourth-order valence-electron chi connectivity index (χ4n) is 1.68. The van der Waals surface area contributed by atoms with Crippen LogP contribution in [-0.4, -0.2) is 0 Å². The van der Waals surface area contributed by atoms with Gasteiger partial charge in [0.1, 0.15) is 5.82 Å². The van der Waals surface area contributed by atoms with E-state index in [0.29, 0.717) is 0 Å². The Morgan fingerprint density at radius 3 is 2.81 bits per heavy atom. The van der Waals surface area contributed by atoms with Crippen LogP contribution in [0.25, 0.3) is 0 Å². The van der Waals surface area contributed by atoms with Crippen molar-refractivity contribution in [2.24, 2.45) is 0 Å². The summed E-state index contributed by atoms with van der Waals surface area (Å²) < 4.78 is 13.2. The van der Waals surface area contributed by atoms with E-state index in [1.165, 1.54) is 5.56 Å². The van der Waals surface area contributed by atoms with Gasteiger partial charge in [0.05, 0.1) is 0 Å². The SMILES string of the molecule is Cc1cc(F)cc(C(Br)Cc2ccsc2)c1. The van der Waals surface area contributed by atoms with Gasteiger partial charge in [-0.1, -0.05) is 22.0 Å². The minimum Gasteiger partial charge on any atom is -0.207 e. The first-order chi connectivity index (χ1) is 7.65. The fourth-order valence-corrected chi connectivity index (χ4v) is 3.00. The van der Waals surface area contributed by atoms with Crippen molar-refractivity contribution in [2.75, 3.05) is 0 Å². The van der Waals surface area contributed by atoms with E-state index in [-0.39, 0.29) is 10.6 Å². The Morgan fingerprint density at radius 2 is 2.19 bits per heavy atom. The number of hydrogen-bond donors (Lipinski definition) is 0. The molecule has 0 bridgehead atoms. The average molecular weight is 299 g/mol. The van der Waals surface area contributed by atoms with Gasteiger partial charge >= 0.3 is 0 Å². The maximum Gasteiger partial charge on any atom is 0.123 e. The summed E-state index contributed by atoms with van der Waals surface area (Å²) in [7, 11) is 0. The van der Waals surface area contributed by atoms with Gasteiger partial charge in [-0.3, -0.25) is 0 Å². The molecule has 1 aromatic heterocycles. The molecule has 0 aliphatic carbocycles. The first-order valence-corrected chi connectivity index (χ1v) is 6.93. The molecule has 0 fully saturated rings. The number of halogens is 2. The number of rotatable bonds is 3. The molecule has 84 valence electrons. The third-order valence-electron chi connectivity index (χ3n) is 2.42. The summed E-state index contributed by atoms with van der Waals surface area (Å²) in [6, 6.07) is 7.27. The third kappa shape index (κ3) is 2.92. The van der Waals surface area contributed by atoms with Crippen molar-refractivity contribution >= 4 is 27.3 Å². The molecule has 0 saturated carbocycles. The number of thiophene rings is 1. The second-order valence-electron chi connectivity index (χ2n) is 3.87. The number of aryl methyl sites for hydroxylation is 1. The van der Waals surface area contributed by atoms with Crippen molar-refractivity contribution in [2.45, 2.75) is 18.2 Å². The molecule has 0 radical (unpaired) electrons. The Kier molecular flexibility index (Phi) is 3.77. The molecule has 0 amide bonds. The molecule has 2 rings (SSSR count). The Bertz CT molecular complexity index is 445. The number of benzene rings is 1. The van der Waals surface area contributed by atoms with Crippen LogP contribution in [0.4, 0.5) is 4.39 Å². The summed E-state index contributed by atoms with van der Waals surface area (Å²) >= 11 is 5.30. The molecule has 0 nitrogen and oxygen atoms in total. The minimum atomic E-state index is -0.162. The highest BCUT2D eigenvalue weighted by Crippen LogP contribution is 2.28. The van der Waals surface area contributed by atoms with E-state index in [4.69, 9.17) is 0 Å². The lowest BCUT2D eigenvalue weighted by atomic mass is 10.0. The molecule has 1 aromatic carbocycles. The lowest BCUT2D eigenvalue weighted by molar-refractivity contribution is 0.623. The molecule has 16 heavy (non-hydrogen) atoms. The van der Waals surface area contributed by atoms with E-state index in [1.54, 1.807) is 23.5 Å². The van der Waals surface area contributed by atoms with Crippen LogP contribution in [0.2, 0.25) is 0 Å². The van der Waals surface area contributed by atoms with E-state index >= 15 is 0 Å². The van der Waals surface area contributed by atoms with E-state index in [0.717, 1.165) is 17.5 Å². The third-order valence-corrected chi connectivity index (χ3v) is 4.01. The summed E-state index contributed by atoms with van der Waals surface area (Å²) in [6.07, 6.45) is 0.895. The molecule has 0 saturated heterocycles. The van der Waals surface area contributed by atoms with Crippen LogP contribution in [0.15, 0.2) is 35.0 Å². The lowest BCUT2D eigenvalue weighted by Crippen LogP contribution is -1.96. The molecule has 0 spiro atoms. The highest BCUT2D eigenvalue weighted by Gasteiger charge is 2.10. The van der Waals surface area contributed by atoms with Crippen molar-refractivity contribution < 1.29 is 4.39 Å². The molecule has 0 N–H and O–H groups in total. The second-order valence-corrected chi connectivity index (χ2v) is 5.75. The molecular weight excluding hydrogens is 287 g/mol. The van der Waals surface area contributed by atoms with Gasteiger partial charge in [-0.05, 0) is 59.0 Å². The monoisotopic (exact) mass is 298 g/mol. The Labute approximate surface area is 107 Å². The summed E-state index contributed by atoms with van der Waals surface area (Å²) in [4.78, 5) is 0.177. The van der Waals surface area contributed by atoms with Gasteiger partial charge < -0.3 is 0 Å². The highest BCUT2D eigenvalue weighted by molar-refractivity contribution is 9.09. The smallest absolute Gasteiger partial charge is 0.123 e. The zero-order chi connectivity index (χ0) is 11.5. The molecule has 0 aliphatic rings. The van der Waals surface area contributed by atoms with Crippen LogP contribution in [-0.2, 0) is 6.42 Å². The fraction of sp³-hybridized carbons (Fsp3) is 0.231. The van der Waals surface area contributed by atoms with Crippen LogP contribution < -0.4 is 0 Å². The largest absolute Gasteiger partial charge is 0.207 e. The first-order valence-electron chi connectivity index (χ1n) is 5.07. The predicted octanol–water partition coefficient (Wildman–Crippen LogP) is 4.87. The molecule has 2 aromatic rings. The van der Waals surface area contributed by atoms with Crippen LogP contribution >= 0.6 is 27.3 Å². The predicted molar refractivity (Wildman–Crippen MR) is 70.8 cm³/mol. The van der Waals surface area contributed by atoms with E-state index in [1.807, 2.05) is 13.0 Å². The van der Waals surface area contributed by atoms with Gasteiger partial charge in [-0.15, -0.1) is 0 Å². The second kappa shape index (κ2) is 5.11. The van der Waals surface area contributed by atoms with Gasteiger partial charge in [0.25, 0.3) is 0 Å². The van der Waals surface area contributed by atoms with Crippen LogP contribution in [0, 0.1) is 12.7 Å². The summed E-state index contributed by atoms with van der Waals surface area (Å²) in [6.45, 7) is 1.91. The van der Waals surface area contributed by atoms with Crippen molar-refractivity contribution in [3.63, 3.8) is 0 Å². The Hall–Kier alpha value is -0.670. The van der Waals surface area contributed by atoms with Crippen LogP contribution in [0.3, 0.4) is 0 Å². The Morgan fingerprint density at radius 1 is 1.38 bits per heavy atom. The van der Waals surface area contributed by atoms with Gasteiger partial charge in [-0.25, -0.2) is 4.39 Å². The zero-order valence-electron chi connectivity index (χ0n) is 8.91. The van der Waals surface area contributed by atoms with Crippen LogP contribution in [0.1, 0.15) is 21.5 Å². The normalized spacial score (nSPS) is 12.7. The summed E-state index contributed by atoms with van der Waals surface area (Å²) in [5.74, 6) is -0.162.